The molecule has 2 N–H and O–H groups in total. The molecule has 1 aliphatic rings. The number of benzene rings is 1. The lowest BCUT2D eigenvalue weighted by Gasteiger charge is -2.42. The molecule has 1 saturated carbocycles. The van der Waals surface area contributed by atoms with Gasteiger partial charge in [0, 0.05) is 18.6 Å². The van der Waals surface area contributed by atoms with Crippen molar-refractivity contribution in [1.29, 1.82) is 0 Å². The van der Waals surface area contributed by atoms with Crippen LogP contribution in [0, 0.1) is 12.8 Å². The average molecular weight is 260 g/mol. The van der Waals surface area contributed by atoms with Gasteiger partial charge >= 0.3 is 0 Å². The maximum Gasteiger partial charge on any atom is 0.0306 e. The van der Waals surface area contributed by atoms with Crippen LogP contribution < -0.4 is 5.73 Å². The molecule has 0 spiro atoms. The summed E-state index contributed by atoms with van der Waals surface area (Å²) in [7, 11) is 2.21. The molecule has 2 rings (SSSR count). The monoisotopic (exact) mass is 260 g/mol. The predicted molar refractivity (Wildman–Crippen MR) is 82.1 cm³/mol. The number of hydrogen-bond donors (Lipinski definition) is 1. The van der Waals surface area contributed by atoms with Crippen molar-refractivity contribution >= 4 is 0 Å². The molecule has 1 aliphatic carbocycles. The minimum atomic E-state index is 0.135. The fourth-order valence-electron chi connectivity index (χ4n) is 2.87. The topological polar surface area (TPSA) is 29.3 Å². The highest BCUT2D eigenvalue weighted by Gasteiger charge is 2.33. The summed E-state index contributed by atoms with van der Waals surface area (Å²) in [6.45, 7) is 6.18. The number of hydrogen-bond acceptors (Lipinski definition) is 2. The molecule has 0 saturated heterocycles. The first-order chi connectivity index (χ1) is 9.03. The van der Waals surface area contributed by atoms with Crippen molar-refractivity contribution in [3.8, 4) is 0 Å². The van der Waals surface area contributed by atoms with E-state index in [9.17, 15) is 0 Å². The first kappa shape index (κ1) is 14.5. The van der Waals surface area contributed by atoms with Crippen LogP contribution in [0.2, 0.25) is 0 Å². The van der Waals surface area contributed by atoms with Crippen molar-refractivity contribution < 1.29 is 0 Å². The van der Waals surface area contributed by atoms with Crippen LogP contribution in [0.15, 0.2) is 24.3 Å². The van der Waals surface area contributed by atoms with Gasteiger partial charge in [0.05, 0.1) is 0 Å². The lowest BCUT2D eigenvalue weighted by Crippen LogP contribution is -2.51. The summed E-state index contributed by atoms with van der Waals surface area (Å²) in [5.74, 6) is 0.897. The molecule has 1 unspecified atom stereocenters. The van der Waals surface area contributed by atoms with Gasteiger partial charge in [-0.2, -0.15) is 0 Å². The van der Waals surface area contributed by atoms with Gasteiger partial charge in [0.2, 0.25) is 0 Å². The smallest absolute Gasteiger partial charge is 0.0306 e. The van der Waals surface area contributed by atoms with E-state index < -0.39 is 0 Å². The van der Waals surface area contributed by atoms with Crippen LogP contribution in [-0.2, 0) is 6.54 Å². The molecule has 0 aromatic heterocycles. The van der Waals surface area contributed by atoms with Crippen LogP contribution >= 0.6 is 0 Å². The van der Waals surface area contributed by atoms with Crippen molar-refractivity contribution in [3.05, 3.63) is 35.4 Å². The van der Waals surface area contributed by atoms with Crippen molar-refractivity contribution in [2.75, 3.05) is 13.6 Å². The highest BCUT2D eigenvalue weighted by molar-refractivity contribution is 5.21. The largest absolute Gasteiger partial charge is 0.329 e. The van der Waals surface area contributed by atoms with Gasteiger partial charge in [0.25, 0.3) is 0 Å². The van der Waals surface area contributed by atoms with E-state index in [1.807, 2.05) is 0 Å². The van der Waals surface area contributed by atoms with Gasteiger partial charge in [-0.05, 0) is 38.8 Å². The Kier molecular flexibility index (Phi) is 4.64. The highest BCUT2D eigenvalue weighted by atomic mass is 15.2. The van der Waals surface area contributed by atoms with Crippen LogP contribution in [0.25, 0.3) is 0 Å². The number of likely N-dealkylation sites (N-methyl/N-ethyl adjacent to an activating group) is 1. The molecular weight excluding hydrogens is 232 g/mol. The third-order valence-corrected chi connectivity index (χ3v) is 4.85. The van der Waals surface area contributed by atoms with Gasteiger partial charge < -0.3 is 5.73 Å². The van der Waals surface area contributed by atoms with Crippen molar-refractivity contribution in [2.45, 2.75) is 51.6 Å². The van der Waals surface area contributed by atoms with Crippen LogP contribution in [0.3, 0.4) is 0 Å². The third kappa shape index (κ3) is 3.58. The molecule has 1 fully saturated rings. The van der Waals surface area contributed by atoms with E-state index in [2.05, 4.69) is 50.1 Å². The molecule has 1 aromatic rings. The van der Waals surface area contributed by atoms with Crippen molar-refractivity contribution in [1.82, 2.24) is 4.90 Å². The van der Waals surface area contributed by atoms with Crippen molar-refractivity contribution in [3.63, 3.8) is 0 Å². The molecule has 0 radical (unpaired) electrons. The summed E-state index contributed by atoms with van der Waals surface area (Å²) in [5, 5.41) is 0. The number of nitrogens with zero attached hydrogens (tertiary/aromatic N) is 1. The van der Waals surface area contributed by atoms with Gasteiger partial charge in [-0.25, -0.2) is 0 Å². The third-order valence-electron chi connectivity index (χ3n) is 4.85. The molecule has 0 aliphatic heterocycles. The van der Waals surface area contributed by atoms with Crippen molar-refractivity contribution in [2.24, 2.45) is 11.7 Å². The van der Waals surface area contributed by atoms with Crippen LogP contribution in [-0.4, -0.2) is 24.0 Å². The minimum absolute atomic E-state index is 0.135. The zero-order valence-corrected chi connectivity index (χ0v) is 12.7. The van der Waals surface area contributed by atoms with E-state index in [4.69, 9.17) is 5.73 Å². The molecule has 0 bridgehead atoms. The molecule has 2 heteroatoms. The second kappa shape index (κ2) is 6.06. The Morgan fingerprint density at radius 1 is 1.26 bits per heavy atom. The second-order valence-corrected chi connectivity index (χ2v) is 6.54. The Labute approximate surface area is 118 Å². The van der Waals surface area contributed by atoms with E-state index in [0.717, 1.165) is 19.0 Å². The maximum atomic E-state index is 6.07. The minimum Gasteiger partial charge on any atom is -0.329 e. The standard InChI is InChI=1S/C17H28N2/c1-14-7-9-16(10-8-14)12-19(3)17(2,13-18)11-15-5-4-6-15/h7-10,15H,4-6,11-13,18H2,1-3H3. The van der Waals surface area contributed by atoms with Crippen LogP contribution in [0.5, 0.6) is 0 Å². The molecule has 19 heavy (non-hydrogen) atoms. The highest BCUT2D eigenvalue weighted by Crippen LogP contribution is 2.35. The summed E-state index contributed by atoms with van der Waals surface area (Å²) in [6.07, 6.45) is 5.45. The van der Waals surface area contributed by atoms with E-state index in [-0.39, 0.29) is 5.54 Å². The molecule has 1 aromatic carbocycles. The zero-order chi connectivity index (χ0) is 13.9. The lowest BCUT2D eigenvalue weighted by molar-refractivity contribution is 0.0857. The van der Waals surface area contributed by atoms with Gasteiger partial charge in [-0.3, -0.25) is 4.90 Å². The Balaban J connectivity index is 1.98. The summed E-state index contributed by atoms with van der Waals surface area (Å²) in [4.78, 5) is 2.44. The van der Waals surface area contributed by atoms with E-state index in [0.29, 0.717) is 0 Å². The van der Waals surface area contributed by atoms with E-state index in [1.54, 1.807) is 0 Å². The predicted octanol–water partition coefficient (Wildman–Crippen LogP) is 3.33. The van der Waals surface area contributed by atoms with Gasteiger partial charge in [-0.1, -0.05) is 49.1 Å². The van der Waals surface area contributed by atoms with E-state index in [1.165, 1.54) is 36.8 Å². The summed E-state index contributed by atoms with van der Waals surface area (Å²) in [5.41, 5.74) is 8.90. The lowest BCUT2D eigenvalue weighted by atomic mass is 9.76. The molecular formula is C17H28N2. The Hall–Kier alpha value is -0.860. The quantitative estimate of drug-likeness (QED) is 0.850. The molecule has 1 atom stereocenters. The number of rotatable bonds is 6. The van der Waals surface area contributed by atoms with Gasteiger partial charge in [0.1, 0.15) is 0 Å². The number of nitrogens with two attached hydrogens (primary N) is 1. The SMILES string of the molecule is Cc1ccc(CN(C)C(C)(CN)CC2CCC2)cc1. The Morgan fingerprint density at radius 2 is 1.89 bits per heavy atom. The molecule has 0 amide bonds. The molecule has 2 nitrogen and oxygen atoms in total. The Morgan fingerprint density at radius 3 is 2.37 bits per heavy atom. The fraction of sp³-hybridized carbons (Fsp3) is 0.647. The normalized spacial score (nSPS) is 19.2. The van der Waals surface area contributed by atoms with Crippen LogP contribution in [0.1, 0.15) is 43.7 Å². The average Bonchev–Trinajstić information content (AvgIpc) is 2.36. The Bertz CT molecular complexity index is 394. The summed E-state index contributed by atoms with van der Waals surface area (Å²) < 4.78 is 0. The first-order valence-electron chi connectivity index (χ1n) is 7.50. The second-order valence-electron chi connectivity index (χ2n) is 6.54. The summed E-state index contributed by atoms with van der Waals surface area (Å²) >= 11 is 0. The van der Waals surface area contributed by atoms with Gasteiger partial charge in [-0.15, -0.1) is 0 Å². The molecule has 0 heterocycles. The number of aryl methyl sites for hydroxylation is 1. The van der Waals surface area contributed by atoms with Gasteiger partial charge in [0.15, 0.2) is 0 Å². The maximum absolute atomic E-state index is 6.07. The fourth-order valence-corrected chi connectivity index (χ4v) is 2.87. The van der Waals surface area contributed by atoms with Crippen LogP contribution in [0.4, 0.5) is 0 Å². The zero-order valence-electron chi connectivity index (χ0n) is 12.7. The molecule has 106 valence electrons. The summed E-state index contributed by atoms with van der Waals surface area (Å²) in [6, 6.07) is 8.84. The van der Waals surface area contributed by atoms with E-state index >= 15 is 0 Å². The first-order valence-corrected chi connectivity index (χ1v) is 7.50.